The molecule has 31 heavy (non-hydrogen) atoms. The molecule has 11 heteroatoms. The first-order chi connectivity index (χ1) is 14.3. The summed E-state index contributed by atoms with van der Waals surface area (Å²) in [5.74, 6) is -3.29. The van der Waals surface area contributed by atoms with Crippen LogP contribution in [0.5, 0.6) is 0 Å². The number of nitro groups is 1. The van der Waals surface area contributed by atoms with E-state index in [-0.39, 0.29) is 33.8 Å². The Morgan fingerprint density at radius 3 is 2.26 bits per heavy atom. The second kappa shape index (κ2) is 8.98. The van der Waals surface area contributed by atoms with Crippen LogP contribution in [0, 0.1) is 10.1 Å². The molecule has 1 aliphatic rings. The van der Waals surface area contributed by atoms with Gasteiger partial charge in [0.25, 0.3) is 5.69 Å². The number of carbonyl (C=O) groups is 2. The number of nitro benzene ring substituents is 1. The fourth-order valence-electron chi connectivity index (χ4n) is 3.55. The molecule has 3 N–H and O–H groups in total. The van der Waals surface area contributed by atoms with Gasteiger partial charge >= 0.3 is 5.97 Å². The smallest absolute Gasteiger partial charge is 0.334 e. The van der Waals surface area contributed by atoms with Gasteiger partial charge in [-0.05, 0) is 40.2 Å². The summed E-state index contributed by atoms with van der Waals surface area (Å²) in [6.07, 6.45) is 0. The van der Waals surface area contributed by atoms with Gasteiger partial charge in [-0.3, -0.25) is 14.9 Å². The van der Waals surface area contributed by atoms with Crippen molar-refractivity contribution in [3.8, 4) is 0 Å². The number of carboxylic acid groups (broad SMARTS) is 1. The van der Waals surface area contributed by atoms with Gasteiger partial charge in [0.15, 0.2) is 5.78 Å². The van der Waals surface area contributed by atoms with E-state index in [9.17, 15) is 33.2 Å². The molecule has 1 aromatic carbocycles. The molecule has 10 nitrogen and oxygen atoms in total. The average Bonchev–Trinajstić information content (AvgIpc) is 2.65. The van der Waals surface area contributed by atoms with E-state index in [2.05, 4.69) is 10.0 Å². The summed E-state index contributed by atoms with van der Waals surface area (Å²) < 4.78 is 27.6. The van der Waals surface area contributed by atoms with Crippen LogP contribution in [0.15, 0.2) is 46.8 Å². The van der Waals surface area contributed by atoms with Crippen molar-refractivity contribution in [2.24, 2.45) is 0 Å². The highest BCUT2D eigenvalue weighted by Gasteiger charge is 2.41. The summed E-state index contributed by atoms with van der Waals surface area (Å²) >= 11 is 0. The van der Waals surface area contributed by atoms with Crippen LogP contribution in [0.2, 0.25) is 0 Å². The lowest BCUT2D eigenvalue weighted by Gasteiger charge is -2.31. The van der Waals surface area contributed by atoms with E-state index < -0.39 is 43.9 Å². The van der Waals surface area contributed by atoms with Crippen LogP contribution in [0.1, 0.15) is 46.1 Å². The minimum absolute atomic E-state index is 0.0647. The van der Waals surface area contributed by atoms with Crippen LogP contribution in [0.25, 0.3) is 0 Å². The Hall–Kier alpha value is -3.05. The third kappa shape index (κ3) is 5.00. The van der Waals surface area contributed by atoms with Crippen molar-refractivity contribution in [1.29, 1.82) is 0 Å². The number of dihydropyridines is 1. The number of nitrogens with one attached hydrogen (secondary N) is 2. The largest absolute Gasteiger partial charge is 0.478 e. The number of Topliss-reactive ketones (excluding diaryl/α,β-unsaturated/α-hetero) is 1. The van der Waals surface area contributed by atoms with Crippen molar-refractivity contribution >= 4 is 27.5 Å². The lowest BCUT2D eigenvalue weighted by Crippen LogP contribution is -2.43. The van der Waals surface area contributed by atoms with Crippen LogP contribution in [-0.4, -0.2) is 41.5 Å². The molecule has 0 fully saturated rings. The molecule has 0 bridgehead atoms. The molecule has 1 heterocycles. The van der Waals surface area contributed by atoms with Crippen molar-refractivity contribution in [3.63, 3.8) is 0 Å². The lowest BCUT2D eigenvalue weighted by atomic mass is 9.78. The van der Waals surface area contributed by atoms with Crippen molar-refractivity contribution < 1.29 is 28.0 Å². The minimum Gasteiger partial charge on any atom is -0.478 e. The van der Waals surface area contributed by atoms with Crippen LogP contribution >= 0.6 is 0 Å². The standard InChI is InChI=1S/C20H25N3O7S/c1-10(2)22-31(29,30)13(5)19(24)16-11(3)21-12(4)17(20(25)26)18(16)14-7-6-8-15(9-14)23(27)28/h6-10,13,18,21-22H,1-5H3,(H,25,26). The van der Waals surface area contributed by atoms with Gasteiger partial charge in [-0.25, -0.2) is 17.9 Å². The molecule has 0 spiro atoms. The molecule has 2 unspecified atom stereocenters. The van der Waals surface area contributed by atoms with Crippen LogP contribution < -0.4 is 10.0 Å². The first-order valence-electron chi connectivity index (χ1n) is 9.49. The van der Waals surface area contributed by atoms with Gasteiger partial charge in [-0.15, -0.1) is 0 Å². The summed E-state index contributed by atoms with van der Waals surface area (Å²) in [5.41, 5.74) is 0.229. The van der Waals surface area contributed by atoms with Gasteiger partial charge in [0.2, 0.25) is 10.0 Å². The topological polar surface area (TPSA) is 156 Å². The second-order valence-corrected chi connectivity index (χ2v) is 9.65. The average molecular weight is 452 g/mol. The van der Waals surface area contributed by atoms with E-state index in [1.807, 2.05) is 0 Å². The fraction of sp³-hybridized carbons (Fsp3) is 0.400. The van der Waals surface area contributed by atoms with E-state index >= 15 is 0 Å². The summed E-state index contributed by atoms with van der Waals surface area (Å²) in [5, 5.41) is 22.4. The zero-order valence-corrected chi connectivity index (χ0v) is 18.6. The molecule has 0 saturated heterocycles. The number of aliphatic carboxylic acids is 1. The highest BCUT2D eigenvalue weighted by molar-refractivity contribution is 7.90. The van der Waals surface area contributed by atoms with E-state index in [0.717, 1.165) is 0 Å². The van der Waals surface area contributed by atoms with Gasteiger partial charge in [-0.1, -0.05) is 12.1 Å². The summed E-state index contributed by atoms with van der Waals surface area (Å²) in [7, 11) is -4.04. The predicted octanol–water partition coefficient (Wildman–Crippen LogP) is 2.20. The van der Waals surface area contributed by atoms with Gasteiger partial charge < -0.3 is 10.4 Å². The molecule has 0 aliphatic carbocycles. The molecule has 1 aliphatic heterocycles. The van der Waals surface area contributed by atoms with Crippen molar-refractivity contribution in [2.75, 3.05) is 0 Å². The molecule has 2 rings (SSSR count). The third-order valence-corrected chi connectivity index (χ3v) is 6.85. The number of hydrogen-bond donors (Lipinski definition) is 3. The van der Waals surface area contributed by atoms with Gasteiger partial charge in [-0.2, -0.15) is 0 Å². The number of benzene rings is 1. The first-order valence-corrected chi connectivity index (χ1v) is 11.0. The number of hydrogen-bond acceptors (Lipinski definition) is 7. The fourth-order valence-corrected chi connectivity index (χ4v) is 4.82. The van der Waals surface area contributed by atoms with Crippen molar-refractivity contribution in [3.05, 3.63) is 62.5 Å². The van der Waals surface area contributed by atoms with Crippen LogP contribution in [0.3, 0.4) is 0 Å². The van der Waals surface area contributed by atoms with Crippen LogP contribution in [0.4, 0.5) is 5.69 Å². The summed E-state index contributed by atoms with van der Waals surface area (Å²) in [4.78, 5) is 36.0. The first kappa shape index (κ1) is 24.2. The third-order valence-electron chi connectivity index (χ3n) is 4.91. The molecular formula is C20H25N3O7S. The lowest BCUT2D eigenvalue weighted by molar-refractivity contribution is -0.384. The quantitative estimate of drug-likeness (QED) is 0.401. The van der Waals surface area contributed by atoms with Crippen molar-refractivity contribution in [1.82, 2.24) is 10.0 Å². The second-order valence-electron chi connectivity index (χ2n) is 7.62. The zero-order chi connectivity index (χ0) is 23.7. The Morgan fingerprint density at radius 2 is 1.74 bits per heavy atom. The summed E-state index contributed by atoms with van der Waals surface area (Å²) in [6, 6.07) is 4.87. The number of rotatable bonds is 8. The SMILES string of the molecule is CC1=C(C(=O)O)C(c2cccc([N+](=O)[O-])c2)C(C(=O)C(C)S(=O)(=O)NC(C)C)=C(C)N1. The minimum atomic E-state index is -4.04. The highest BCUT2D eigenvalue weighted by Crippen LogP contribution is 2.40. The molecule has 0 aromatic heterocycles. The Morgan fingerprint density at radius 1 is 1.16 bits per heavy atom. The number of ketones is 1. The number of carbonyl (C=O) groups excluding carboxylic acids is 1. The van der Waals surface area contributed by atoms with E-state index in [1.165, 1.54) is 45.0 Å². The van der Waals surface area contributed by atoms with Gasteiger partial charge in [0.05, 0.1) is 10.5 Å². The molecule has 1 aromatic rings. The zero-order valence-electron chi connectivity index (χ0n) is 17.8. The number of non-ortho nitro benzene ring substituents is 1. The maximum Gasteiger partial charge on any atom is 0.334 e. The monoisotopic (exact) mass is 451 g/mol. The van der Waals surface area contributed by atoms with E-state index in [4.69, 9.17) is 0 Å². The molecule has 168 valence electrons. The van der Waals surface area contributed by atoms with Crippen LogP contribution in [-0.2, 0) is 19.6 Å². The molecule has 2 atom stereocenters. The summed E-state index contributed by atoms with van der Waals surface area (Å²) in [6.45, 7) is 7.50. The normalized spacial score (nSPS) is 18.1. The predicted molar refractivity (Wildman–Crippen MR) is 114 cm³/mol. The van der Waals surface area contributed by atoms with E-state index in [0.29, 0.717) is 0 Å². The maximum absolute atomic E-state index is 13.3. The number of nitrogens with zero attached hydrogens (tertiary/aromatic N) is 1. The molecular weight excluding hydrogens is 426 g/mol. The molecule has 0 radical (unpaired) electrons. The Balaban J connectivity index is 2.70. The Labute approximate surface area is 180 Å². The molecule has 0 amide bonds. The molecule has 0 saturated carbocycles. The number of allylic oxidation sites excluding steroid dienone is 3. The number of sulfonamides is 1. The van der Waals surface area contributed by atoms with Gasteiger partial charge in [0.1, 0.15) is 5.25 Å². The Kier molecular flexibility index (Phi) is 7.02. The maximum atomic E-state index is 13.3. The van der Waals surface area contributed by atoms with E-state index in [1.54, 1.807) is 13.8 Å². The highest BCUT2D eigenvalue weighted by atomic mass is 32.2. The Bertz CT molecular complexity index is 1100. The van der Waals surface area contributed by atoms with Gasteiger partial charge in [0, 0.05) is 41.1 Å². The van der Waals surface area contributed by atoms with Crippen molar-refractivity contribution in [2.45, 2.75) is 51.8 Å². The number of carboxylic acids is 1.